The Bertz CT molecular complexity index is 1400. The molecule has 2 aromatic carbocycles. The minimum absolute atomic E-state index is 0.137. The molecule has 0 bridgehead atoms. The summed E-state index contributed by atoms with van der Waals surface area (Å²) in [6, 6.07) is 14.7. The maximum atomic E-state index is 12.6. The molecule has 0 unspecified atom stereocenters. The van der Waals surface area contributed by atoms with Gasteiger partial charge in [0, 0.05) is 64.5 Å². The summed E-state index contributed by atoms with van der Waals surface area (Å²) in [6.45, 7) is 8.09. The van der Waals surface area contributed by atoms with Gasteiger partial charge >= 0.3 is 6.09 Å². The number of halogens is 2. The van der Waals surface area contributed by atoms with E-state index in [9.17, 15) is 9.59 Å². The van der Waals surface area contributed by atoms with Crippen molar-refractivity contribution in [3.63, 3.8) is 0 Å². The number of aromatic nitrogens is 1. The summed E-state index contributed by atoms with van der Waals surface area (Å²) in [4.78, 5) is 33.8. The predicted molar refractivity (Wildman–Crippen MR) is 164 cm³/mol. The second-order valence-electron chi connectivity index (χ2n) is 10.6. The molecular formula is C30H37Cl2N5O4. The maximum Gasteiger partial charge on any atom is 0.411 e. The van der Waals surface area contributed by atoms with Gasteiger partial charge in [0.2, 0.25) is 0 Å². The van der Waals surface area contributed by atoms with Crippen molar-refractivity contribution in [2.24, 2.45) is 0 Å². The number of nitrogens with zero attached hydrogens (tertiary/aromatic N) is 5. The van der Waals surface area contributed by atoms with Crippen LogP contribution in [0.5, 0.6) is 5.75 Å². The topological polar surface area (TPSA) is 70.5 Å². The number of ether oxygens (including phenoxy) is 2. The first-order valence-electron chi connectivity index (χ1n) is 14.2. The fourth-order valence-electron chi connectivity index (χ4n) is 5.27. The van der Waals surface area contributed by atoms with Crippen LogP contribution >= 0.6 is 23.2 Å². The number of carbonyl (C=O) groups is 1. The molecule has 2 aliphatic heterocycles. The number of rotatable bonds is 9. The maximum absolute atomic E-state index is 12.6. The second-order valence-corrected chi connectivity index (χ2v) is 11.4. The third-order valence-corrected chi connectivity index (χ3v) is 8.63. The lowest BCUT2D eigenvalue weighted by Crippen LogP contribution is -2.47. The summed E-state index contributed by atoms with van der Waals surface area (Å²) in [7, 11) is 2.03. The van der Waals surface area contributed by atoms with Crippen LogP contribution in [-0.4, -0.2) is 97.9 Å². The normalized spacial score (nSPS) is 16.8. The third-order valence-electron chi connectivity index (χ3n) is 7.82. The largest absolute Gasteiger partial charge is 0.494 e. The zero-order chi connectivity index (χ0) is 28.8. The van der Waals surface area contributed by atoms with Gasteiger partial charge in [0.25, 0.3) is 5.56 Å². The van der Waals surface area contributed by atoms with Crippen molar-refractivity contribution in [2.75, 3.05) is 77.5 Å². The van der Waals surface area contributed by atoms with Gasteiger partial charge in [-0.15, -0.1) is 0 Å². The van der Waals surface area contributed by atoms with Crippen LogP contribution in [0.15, 0.2) is 53.3 Å². The molecule has 0 radical (unpaired) electrons. The number of amides is 1. The van der Waals surface area contributed by atoms with Crippen molar-refractivity contribution in [1.82, 2.24) is 19.3 Å². The zero-order valence-corrected chi connectivity index (χ0v) is 24.9. The van der Waals surface area contributed by atoms with Crippen LogP contribution in [0.25, 0.3) is 10.9 Å². The van der Waals surface area contributed by atoms with Crippen LogP contribution in [0.1, 0.15) is 12.8 Å². The molecule has 2 saturated heterocycles. The van der Waals surface area contributed by atoms with Crippen LogP contribution in [0, 0.1) is 0 Å². The quantitative estimate of drug-likeness (QED) is 0.331. The van der Waals surface area contributed by atoms with Crippen molar-refractivity contribution in [3.8, 4) is 5.75 Å². The smallest absolute Gasteiger partial charge is 0.411 e. The summed E-state index contributed by atoms with van der Waals surface area (Å²) in [5.74, 6) is 0.689. The van der Waals surface area contributed by atoms with Crippen molar-refractivity contribution in [3.05, 3.63) is 68.9 Å². The number of anilines is 1. The summed E-state index contributed by atoms with van der Waals surface area (Å²) in [6.07, 6.45) is 1.55. The average molecular weight is 603 g/mol. The minimum Gasteiger partial charge on any atom is -0.494 e. The second kappa shape index (κ2) is 13.8. The van der Waals surface area contributed by atoms with E-state index in [0.717, 1.165) is 69.7 Å². The lowest BCUT2D eigenvalue weighted by atomic mass is 10.2. The highest BCUT2D eigenvalue weighted by atomic mass is 35.5. The molecule has 1 aromatic heterocycles. The molecule has 0 spiro atoms. The molecule has 0 saturated carbocycles. The molecular weight excluding hydrogens is 565 g/mol. The molecule has 1 amide bonds. The summed E-state index contributed by atoms with van der Waals surface area (Å²) >= 11 is 12.6. The number of piperazine rings is 2. The van der Waals surface area contributed by atoms with Crippen LogP contribution < -0.4 is 15.2 Å². The highest BCUT2D eigenvalue weighted by Crippen LogP contribution is 2.33. The van der Waals surface area contributed by atoms with Gasteiger partial charge in [-0.2, -0.15) is 0 Å². The number of benzene rings is 2. The van der Waals surface area contributed by atoms with E-state index in [1.165, 1.54) is 10.6 Å². The van der Waals surface area contributed by atoms with Crippen LogP contribution in [0.4, 0.5) is 10.5 Å². The molecule has 41 heavy (non-hydrogen) atoms. The van der Waals surface area contributed by atoms with Gasteiger partial charge in [-0.25, -0.2) is 4.79 Å². The SMILES string of the molecule is CN1CCN(C(=O)OCn2c(=O)ccc3ccc(OCCCCN4CCN(c5cccc(Cl)c5Cl)CC4)cc32)CC1. The third kappa shape index (κ3) is 7.46. The molecule has 220 valence electrons. The number of hydrogen-bond donors (Lipinski definition) is 0. The molecule has 0 atom stereocenters. The Morgan fingerprint density at radius 1 is 0.902 bits per heavy atom. The summed E-state index contributed by atoms with van der Waals surface area (Å²) in [5.41, 5.74) is 1.46. The van der Waals surface area contributed by atoms with Crippen LogP contribution in [0.2, 0.25) is 10.0 Å². The lowest BCUT2D eigenvalue weighted by molar-refractivity contribution is 0.0606. The van der Waals surface area contributed by atoms with E-state index < -0.39 is 6.09 Å². The number of pyridine rings is 1. The molecule has 0 N–H and O–H groups in total. The summed E-state index contributed by atoms with van der Waals surface area (Å²) in [5, 5.41) is 2.09. The Balaban J connectivity index is 1.08. The minimum atomic E-state index is -0.399. The molecule has 3 heterocycles. The average Bonchev–Trinajstić information content (AvgIpc) is 2.98. The first kappa shape index (κ1) is 29.5. The van der Waals surface area contributed by atoms with Crippen molar-refractivity contribution in [2.45, 2.75) is 19.6 Å². The fourth-order valence-corrected chi connectivity index (χ4v) is 5.68. The van der Waals surface area contributed by atoms with Gasteiger partial charge in [-0.3, -0.25) is 14.3 Å². The fraction of sp³-hybridized carbons (Fsp3) is 0.467. The molecule has 9 nitrogen and oxygen atoms in total. The highest BCUT2D eigenvalue weighted by molar-refractivity contribution is 6.43. The van der Waals surface area contributed by atoms with Gasteiger partial charge in [0.15, 0.2) is 6.73 Å². The van der Waals surface area contributed by atoms with E-state index in [-0.39, 0.29) is 12.3 Å². The van der Waals surface area contributed by atoms with Crippen LogP contribution in [-0.2, 0) is 11.5 Å². The number of fused-ring (bicyclic) bond motifs is 1. The molecule has 5 rings (SSSR count). The first-order valence-corrected chi connectivity index (χ1v) is 14.9. The number of hydrogen-bond acceptors (Lipinski definition) is 7. The van der Waals surface area contributed by atoms with Crippen molar-refractivity contribution in [1.29, 1.82) is 0 Å². The first-order chi connectivity index (χ1) is 19.9. The highest BCUT2D eigenvalue weighted by Gasteiger charge is 2.21. The van der Waals surface area contributed by atoms with Gasteiger partial charge in [0.05, 0.1) is 27.9 Å². The van der Waals surface area contributed by atoms with Crippen molar-refractivity contribution < 1.29 is 14.3 Å². The van der Waals surface area contributed by atoms with Gasteiger partial charge in [0.1, 0.15) is 5.75 Å². The lowest BCUT2D eigenvalue weighted by Gasteiger charge is -2.36. The number of carbonyl (C=O) groups excluding carboxylic acids is 1. The summed E-state index contributed by atoms with van der Waals surface area (Å²) < 4.78 is 13.0. The van der Waals surface area contributed by atoms with Gasteiger partial charge < -0.3 is 24.2 Å². The molecule has 11 heteroatoms. The predicted octanol–water partition coefficient (Wildman–Crippen LogP) is 4.63. The van der Waals surface area contributed by atoms with Crippen molar-refractivity contribution >= 4 is 45.9 Å². The molecule has 2 aliphatic rings. The Morgan fingerprint density at radius 3 is 2.44 bits per heavy atom. The Morgan fingerprint density at radius 2 is 1.66 bits per heavy atom. The Kier molecular flexibility index (Phi) is 9.92. The zero-order valence-electron chi connectivity index (χ0n) is 23.4. The standard InChI is InChI=1S/C30H37Cl2N5O4/c1-33-12-16-36(17-13-33)30(39)41-22-37-27-21-24(9-7-23(27)8-10-28(37)38)40-20-3-2-11-34-14-18-35(19-15-34)26-6-4-5-25(31)29(26)32/h4-10,21H,2-3,11-20,22H2,1H3. The van der Waals surface area contributed by atoms with E-state index in [1.807, 2.05) is 43.4 Å². The van der Waals surface area contributed by atoms with Gasteiger partial charge in [-0.1, -0.05) is 29.3 Å². The van der Waals surface area contributed by atoms with E-state index >= 15 is 0 Å². The van der Waals surface area contributed by atoms with E-state index in [0.29, 0.717) is 41.0 Å². The monoisotopic (exact) mass is 601 g/mol. The van der Waals surface area contributed by atoms with Gasteiger partial charge in [-0.05, 0) is 62.2 Å². The Hall–Kier alpha value is -2.98. The number of unbranched alkanes of at least 4 members (excludes halogenated alkanes) is 1. The molecule has 3 aromatic rings. The van der Waals surface area contributed by atoms with Crippen LogP contribution in [0.3, 0.4) is 0 Å². The Labute approximate surface area is 250 Å². The molecule has 2 fully saturated rings. The molecule has 0 aliphatic carbocycles. The van der Waals surface area contributed by atoms with E-state index in [1.54, 1.807) is 11.0 Å². The van der Waals surface area contributed by atoms with E-state index in [4.69, 9.17) is 32.7 Å². The van der Waals surface area contributed by atoms with E-state index in [2.05, 4.69) is 14.7 Å². The number of likely N-dealkylation sites (N-methyl/N-ethyl adjacent to an activating group) is 1.